The molecule has 0 aliphatic carbocycles. The number of rotatable bonds is 3. The second kappa shape index (κ2) is 6.62. The fourth-order valence-electron chi connectivity index (χ4n) is 3.16. The molecule has 26 heavy (non-hydrogen) atoms. The van der Waals surface area contributed by atoms with Crippen molar-refractivity contribution in [1.82, 2.24) is 24.5 Å². The Bertz CT molecular complexity index is 929. The van der Waals surface area contributed by atoms with Crippen LogP contribution in [0.1, 0.15) is 16.1 Å². The Morgan fingerprint density at radius 2 is 1.85 bits per heavy atom. The first kappa shape index (κ1) is 16.3. The third kappa shape index (κ3) is 2.94. The minimum absolute atomic E-state index is 0.0457. The van der Waals surface area contributed by atoms with E-state index >= 15 is 0 Å². The van der Waals surface area contributed by atoms with Crippen LogP contribution in [-0.4, -0.2) is 63.7 Å². The van der Waals surface area contributed by atoms with Crippen LogP contribution in [0.3, 0.4) is 0 Å². The van der Waals surface area contributed by atoms with E-state index in [-0.39, 0.29) is 5.91 Å². The predicted octanol–water partition coefficient (Wildman–Crippen LogP) is 1.40. The van der Waals surface area contributed by atoms with Crippen molar-refractivity contribution >= 4 is 17.5 Å². The molecule has 0 bridgehead atoms. The summed E-state index contributed by atoms with van der Waals surface area (Å²) >= 11 is 0. The summed E-state index contributed by atoms with van der Waals surface area (Å²) in [6.45, 7) is 4.79. The van der Waals surface area contributed by atoms with E-state index in [1.165, 1.54) is 0 Å². The summed E-state index contributed by atoms with van der Waals surface area (Å²) in [7, 11) is 1.61. The number of aromatic nitrogens is 4. The molecule has 3 heterocycles. The monoisotopic (exact) mass is 352 g/mol. The Morgan fingerprint density at radius 1 is 1.12 bits per heavy atom. The van der Waals surface area contributed by atoms with Crippen molar-refractivity contribution in [3.8, 4) is 5.75 Å². The highest BCUT2D eigenvalue weighted by molar-refractivity contribution is 5.94. The maximum atomic E-state index is 12.7. The van der Waals surface area contributed by atoms with Crippen LogP contribution in [0.4, 0.5) is 5.82 Å². The third-order valence-electron chi connectivity index (χ3n) is 4.69. The summed E-state index contributed by atoms with van der Waals surface area (Å²) in [5, 5.41) is 7.93. The number of carbonyl (C=O) groups excluding carboxylic acids is 1. The molecule has 1 amide bonds. The Labute approximate surface area is 151 Å². The van der Waals surface area contributed by atoms with Crippen LogP contribution >= 0.6 is 0 Å². The maximum Gasteiger partial charge on any atom is 0.256 e. The number of carbonyl (C=O) groups is 1. The molecule has 134 valence electrons. The third-order valence-corrected chi connectivity index (χ3v) is 4.69. The zero-order chi connectivity index (χ0) is 18.1. The maximum absolute atomic E-state index is 12.7. The Kier molecular flexibility index (Phi) is 4.16. The number of fused-ring (bicyclic) bond motifs is 1. The van der Waals surface area contributed by atoms with Crippen molar-refractivity contribution < 1.29 is 9.53 Å². The van der Waals surface area contributed by atoms with Gasteiger partial charge in [0, 0.05) is 43.5 Å². The standard InChI is InChI=1S/C18H20N6O2/c1-13-11-16(20-18-21-19-12-24(13)18)22-7-9-23(10-8-22)17(25)14-3-5-15(26-2)6-4-14/h3-6,11-12H,7-10H2,1-2H3. The van der Waals surface area contributed by atoms with Crippen molar-refractivity contribution in [1.29, 1.82) is 0 Å². The van der Waals surface area contributed by atoms with Crippen molar-refractivity contribution in [2.45, 2.75) is 6.92 Å². The zero-order valence-electron chi connectivity index (χ0n) is 14.8. The molecule has 1 aliphatic rings. The highest BCUT2D eigenvalue weighted by Crippen LogP contribution is 2.18. The fourth-order valence-corrected chi connectivity index (χ4v) is 3.16. The normalized spacial score (nSPS) is 14.7. The van der Waals surface area contributed by atoms with Gasteiger partial charge in [-0.15, -0.1) is 10.2 Å². The smallest absolute Gasteiger partial charge is 0.256 e. The van der Waals surface area contributed by atoms with Gasteiger partial charge in [-0.05, 0) is 31.2 Å². The minimum atomic E-state index is 0.0457. The average molecular weight is 352 g/mol. The number of piperazine rings is 1. The lowest BCUT2D eigenvalue weighted by Crippen LogP contribution is -2.49. The number of ether oxygens (including phenoxy) is 1. The summed E-state index contributed by atoms with van der Waals surface area (Å²) in [5.74, 6) is 2.26. The van der Waals surface area contributed by atoms with Crippen LogP contribution in [0.2, 0.25) is 0 Å². The molecule has 0 unspecified atom stereocenters. The Hall–Kier alpha value is -3.16. The van der Waals surface area contributed by atoms with Crippen LogP contribution in [-0.2, 0) is 0 Å². The van der Waals surface area contributed by atoms with Crippen LogP contribution in [0.25, 0.3) is 5.78 Å². The van der Waals surface area contributed by atoms with E-state index < -0.39 is 0 Å². The molecule has 0 spiro atoms. The molecule has 2 aromatic heterocycles. The number of anilines is 1. The van der Waals surface area contributed by atoms with Gasteiger partial charge in [0.2, 0.25) is 0 Å². The summed E-state index contributed by atoms with van der Waals surface area (Å²) in [6.07, 6.45) is 1.66. The molecule has 1 saturated heterocycles. The first-order chi connectivity index (χ1) is 12.7. The first-order valence-electron chi connectivity index (χ1n) is 8.51. The van der Waals surface area contributed by atoms with Crippen LogP contribution in [0.15, 0.2) is 36.7 Å². The quantitative estimate of drug-likeness (QED) is 0.709. The van der Waals surface area contributed by atoms with Gasteiger partial charge in [-0.2, -0.15) is 4.98 Å². The predicted molar refractivity (Wildman–Crippen MR) is 96.6 cm³/mol. The molecule has 0 saturated carbocycles. The summed E-state index contributed by atoms with van der Waals surface area (Å²) < 4.78 is 7.00. The van der Waals surface area contributed by atoms with Gasteiger partial charge in [-0.1, -0.05) is 0 Å². The van der Waals surface area contributed by atoms with Gasteiger partial charge < -0.3 is 14.5 Å². The molecule has 0 N–H and O–H groups in total. The summed E-state index contributed by atoms with van der Waals surface area (Å²) in [4.78, 5) is 21.3. The lowest BCUT2D eigenvalue weighted by atomic mass is 10.1. The van der Waals surface area contributed by atoms with Crippen molar-refractivity contribution in [2.24, 2.45) is 0 Å². The number of nitrogens with zero attached hydrogens (tertiary/aromatic N) is 6. The van der Waals surface area contributed by atoms with Gasteiger partial charge in [-0.25, -0.2) is 0 Å². The van der Waals surface area contributed by atoms with Gasteiger partial charge in [0.05, 0.1) is 7.11 Å². The molecule has 1 aromatic carbocycles. The summed E-state index contributed by atoms with van der Waals surface area (Å²) in [6, 6.07) is 9.25. The number of benzene rings is 1. The number of hydrogen-bond acceptors (Lipinski definition) is 6. The lowest BCUT2D eigenvalue weighted by molar-refractivity contribution is 0.0746. The molecule has 1 aliphatic heterocycles. The van der Waals surface area contributed by atoms with E-state index in [1.54, 1.807) is 25.6 Å². The first-order valence-corrected chi connectivity index (χ1v) is 8.51. The average Bonchev–Trinajstić information content (AvgIpc) is 3.17. The molecular weight excluding hydrogens is 332 g/mol. The van der Waals surface area contributed by atoms with Gasteiger partial charge in [0.1, 0.15) is 17.9 Å². The molecule has 8 nitrogen and oxygen atoms in total. The molecule has 0 radical (unpaired) electrons. The zero-order valence-corrected chi connectivity index (χ0v) is 14.8. The molecule has 8 heteroatoms. The molecule has 4 rings (SSSR count). The van der Waals surface area contributed by atoms with Crippen molar-refractivity contribution in [3.05, 3.63) is 47.9 Å². The topological polar surface area (TPSA) is 75.9 Å². The lowest BCUT2D eigenvalue weighted by Gasteiger charge is -2.35. The van der Waals surface area contributed by atoms with E-state index in [4.69, 9.17) is 4.74 Å². The van der Waals surface area contributed by atoms with Gasteiger partial charge in [-0.3, -0.25) is 9.20 Å². The van der Waals surface area contributed by atoms with Crippen LogP contribution < -0.4 is 9.64 Å². The van der Waals surface area contributed by atoms with Crippen LogP contribution in [0, 0.1) is 6.92 Å². The van der Waals surface area contributed by atoms with E-state index in [1.807, 2.05) is 34.4 Å². The fraction of sp³-hybridized carbons (Fsp3) is 0.333. The molecule has 1 fully saturated rings. The number of methoxy groups -OCH3 is 1. The van der Waals surface area contributed by atoms with E-state index in [0.29, 0.717) is 24.4 Å². The van der Waals surface area contributed by atoms with E-state index in [9.17, 15) is 4.79 Å². The highest BCUT2D eigenvalue weighted by atomic mass is 16.5. The van der Waals surface area contributed by atoms with E-state index in [0.717, 1.165) is 30.4 Å². The SMILES string of the molecule is COc1ccc(C(=O)N2CCN(c3cc(C)n4cnnc4n3)CC2)cc1. The number of hydrogen-bond donors (Lipinski definition) is 0. The van der Waals surface area contributed by atoms with Gasteiger partial charge in [0.15, 0.2) is 0 Å². The second-order valence-electron chi connectivity index (χ2n) is 6.26. The van der Waals surface area contributed by atoms with Gasteiger partial charge in [0.25, 0.3) is 11.7 Å². The van der Waals surface area contributed by atoms with Crippen molar-refractivity contribution in [3.63, 3.8) is 0 Å². The van der Waals surface area contributed by atoms with Gasteiger partial charge >= 0.3 is 0 Å². The van der Waals surface area contributed by atoms with Crippen molar-refractivity contribution in [2.75, 3.05) is 38.2 Å². The number of amides is 1. The highest BCUT2D eigenvalue weighted by Gasteiger charge is 2.23. The molecule has 3 aromatic rings. The summed E-state index contributed by atoms with van der Waals surface area (Å²) in [5.41, 5.74) is 1.71. The largest absolute Gasteiger partial charge is 0.497 e. The minimum Gasteiger partial charge on any atom is -0.497 e. The van der Waals surface area contributed by atoms with Crippen LogP contribution in [0.5, 0.6) is 5.75 Å². The molecule has 0 atom stereocenters. The Morgan fingerprint density at radius 3 is 2.54 bits per heavy atom. The van der Waals surface area contributed by atoms with E-state index in [2.05, 4.69) is 20.1 Å². The Balaban J connectivity index is 1.45. The second-order valence-corrected chi connectivity index (χ2v) is 6.26. The number of aryl methyl sites for hydroxylation is 1. The molecular formula is C18H20N6O2.